The molecule has 6 nitrogen and oxygen atoms in total. The third-order valence-electron chi connectivity index (χ3n) is 5.06. The molecular weight excluding hydrogens is 415 g/mol. The van der Waals surface area contributed by atoms with Crippen LogP contribution in [0.25, 0.3) is 0 Å². The monoisotopic (exact) mass is 440 g/mol. The third-order valence-corrected chi connectivity index (χ3v) is 7.83. The maximum absolute atomic E-state index is 13.1. The number of ether oxygens (including phenoxy) is 1. The molecule has 0 aliphatic carbocycles. The van der Waals surface area contributed by atoms with Crippen molar-refractivity contribution in [2.45, 2.75) is 24.3 Å². The topological polar surface area (TPSA) is 66.9 Å². The van der Waals surface area contributed by atoms with Crippen LogP contribution in [0.2, 0.25) is 0 Å². The molecule has 29 heavy (non-hydrogen) atoms. The Morgan fingerprint density at radius 2 is 1.93 bits per heavy atom. The highest BCUT2D eigenvalue weighted by Gasteiger charge is 2.33. The molecule has 0 bridgehead atoms. The largest absolute Gasteiger partial charge is 0.383 e. The van der Waals surface area contributed by atoms with Gasteiger partial charge in [-0.15, -0.1) is 11.3 Å². The van der Waals surface area contributed by atoms with E-state index in [4.69, 9.17) is 4.74 Å². The lowest BCUT2D eigenvalue weighted by molar-refractivity contribution is -0.138. The Balaban J connectivity index is 1.63. The van der Waals surface area contributed by atoms with Crippen molar-refractivity contribution in [3.63, 3.8) is 0 Å². The van der Waals surface area contributed by atoms with E-state index in [9.17, 15) is 17.6 Å². The Bertz CT molecular complexity index is 893. The molecule has 1 aromatic heterocycles. The maximum atomic E-state index is 13.1. The number of carbonyl (C=O) groups excluding carboxylic acids is 1. The summed E-state index contributed by atoms with van der Waals surface area (Å²) in [5, 5.41) is 1.98. The van der Waals surface area contributed by atoms with Crippen molar-refractivity contribution < 1.29 is 22.3 Å². The molecule has 158 valence electrons. The minimum absolute atomic E-state index is 0.0364. The van der Waals surface area contributed by atoms with Gasteiger partial charge in [-0.3, -0.25) is 4.79 Å². The van der Waals surface area contributed by atoms with Crippen molar-refractivity contribution >= 4 is 27.3 Å². The van der Waals surface area contributed by atoms with Crippen molar-refractivity contribution in [3.05, 3.63) is 52.5 Å². The van der Waals surface area contributed by atoms with Gasteiger partial charge in [-0.05, 0) is 48.6 Å². The Morgan fingerprint density at radius 3 is 2.52 bits per heavy atom. The normalized spacial score (nSPS) is 16.1. The zero-order valence-electron chi connectivity index (χ0n) is 16.3. The summed E-state index contributed by atoms with van der Waals surface area (Å²) in [7, 11) is -2.08. The molecular formula is C20H25FN2O4S2. The first-order valence-corrected chi connectivity index (χ1v) is 11.8. The van der Waals surface area contributed by atoms with Gasteiger partial charge in [-0.1, -0.05) is 6.07 Å². The molecule has 0 spiro atoms. The lowest BCUT2D eigenvalue weighted by Crippen LogP contribution is -2.44. The second kappa shape index (κ2) is 9.80. The van der Waals surface area contributed by atoms with Gasteiger partial charge in [0.2, 0.25) is 15.9 Å². The summed E-state index contributed by atoms with van der Waals surface area (Å²) in [4.78, 5) is 16.0. The predicted octanol–water partition coefficient (Wildman–Crippen LogP) is 2.96. The predicted molar refractivity (Wildman–Crippen MR) is 109 cm³/mol. The number of thiophene rings is 1. The molecule has 1 amide bonds. The summed E-state index contributed by atoms with van der Waals surface area (Å²) in [6, 6.07) is 8.78. The molecule has 2 aromatic rings. The summed E-state index contributed by atoms with van der Waals surface area (Å²) in [6.07, 6.45) is 0.931. The maximum Gasteiger partial charge on any atom is 0.243 e. The van der Waals surface area contributed by atoms with Crippen LogP contribution in [0.4, 0.5) is 4.39 Å². The lowest BCUT2D eigenvalue weighted by atomic mass is 9.96. The molecule has 0 atom stereocenters. The average Bonchev–Trinajstić information content (AvgIpc) is 3.24. The zero-order chi connectivity index (χ0) is 20.9. The number of benzene rings is 1. The highest BCUT2D eigenvalue weighted by molar-refractivity contribution is 7.89. The fourth-order valence-corrected chi connectivity index (χ4v) is 5.61. The molecule has 1 fully saturated rings. The minimum Gasteiger partial charge on any atom is -0.383 e. The van der Waals surface area contributed by atoms with Gasteiger partial charge < -0.3 is 9.64 Å². The second-order valence-electron chi connectivity index (χ2n) is 6.96. The molecule has 0 unspecified atom stereocenters. The Kier molecular flexibility index (Phi) is 7.39. The van der Waals surface area contributed by atoms with Crippen molar-refractivity contribution in [2.24, 2.45) is 5.92 Å². The fourth-order valence-electron chi connectivity index (χ4n) is 3.42. The van der Waals surface area contributed by atoms with Gasteiger partial charge >= 0.3 is 0 Å². The molecule has 3 rings (SSSR count). The molecule has 1 saturated heterocycles. The van der Waals surface area contributed by atoms with Crippen LogP contribution in [0.1, 0.15) is 17.7 Å². The van der Waals surface area contributed by atoms with E-state index >= 15 is 0 Å². The third kappa shape index (κ3) is 5.42. The van der Waals surface area contributed by atoms with Crippen molar-refractivity contribution in [2.75, 3.05) is 33.4 Å². The Morgan fingerprint density at radius 1 is 1.24 bits per heavy atom. The quantitative estimate of drug-likeness (QED) is 0.633. The molecule has 2 heterocycles. The first kappa shape index (κ1) is 21.9. The number of nitrogens with zero attached hydrogens (tertiary/aromatic N) is 2. The minimum atomic E-state index is -3.68. The van der Waals surface area contributed by atoms with Gasteiger partial charge in [0.1, 0.15) is 5.82 Å². The highest BCUT2D eigenvalue weighted by atomic mass is 32.2. The molecule has 0 N–H and O–H groups in total. The van der Waals surface area contributed by atoms with E-state index < -0.39 is 15.8 Å². The summed E-state index contributed by atoms with van der Waals surface area (Å²) in [6.45, 7) is 2.03. The molecule has 0 saturated carbocycles. The Hall–Kier alpha value is -1.81. The van der Waals surface area contributed by atoms with Crippen LogP contribution in [0.3, 0.4) is 0 Å². The number of amides is 1. The first-order valence-electron chi connectivity index (χ1n) is 9.47. The Labute approximate surface area is 174 Å². The standard InChI is InChI=1S/C20H25FN2O4S2/c1-27-13-12-22(15-18-3-2-14-28-18)20(24)16-8-10-23(11-9-16)29(25,26)19-6-4-17(21)5-7-19/h2-7,14,16H,8-13,15H2,1H3. The van der Waals surface area contributed by atoms with Crippen LogP contribution in [0.5, 0.6) is 0 Å². The van der Waals surface area contributed by atoms with E-state index in [-0.39, 0.29) is 29.8 Å². The number of sulfonamides is 1. The van der Waals surface area contributed by atoms with Gasteiger partial charge in [0.25, 0.3) is 0 Å². The first-order chi connectivity index (χ1) is 13.9. The van der Waals surface area contributed by atoms with Crippen LogP contribution in [0, 0.1) is 11.7 Å². The number of halogens is 1. The van der Waals surface area contributed by atoms with Crippen LogP contribution in [-0.4, -0.2) is 56.9 Å². The lowest BCUT2D eigenvalue weighted by Gasteiger charge is -2.33. The van der Waals surface area contributed by atoms with Crippen molar-refractivity contribution in [3.8, 4) is 0 Å². The van der Waals surface area contributed by atoms with Crippen molar-refractivity contribution in [1.82, 2.24) is 9.21 Å². The summed E-state index contributed by atoms with van der Waals surface area (Å²) in [5.74, 6) is -0.657. The number of hydrogen-bond acceptors (Lipinski definition) is 5. The van der Waals surface area contributed by atoms with Crippen molar-refractivity contribution in [1.29, 1.82) is 0 Å². The smallest absolute Gasteiger partial charge is 0.243 e. The summed E-state index contributed by atoms with van der Waals surface area (Å²) >= 11 is 1.60. The molecule has 1 aromatic carbocycles. The van der Waals surface area contributed by atoms with Gasteiger partial charge in [0, 0.05) is 37.5 Å². The molecule has 1 aliphatic rings. The zero-order valence-corrected chi connectivity index (χ0v) is 17.9. The van der Waals surface area contributed by atoms with Gasteiger partial charge in [0.05, 0.1) is 18.0 Å². The van der Waals surface area contributed by atoms with E-state index in [1.54, 1.807) is 23.3 Å². The summed E-state index contributed by atoms with van der Waals surface area (Å²) in [5.41, 5.74) is 0. The van der Waals surface area contributed by atoms with Crippen LogP contribution in [-0.2, 0) is 26.1 Å². The van der Waals surface area contributed by atoms with E-state index in [1.165, 1.54) is 16.4 Å². The van der Waals surface area contributed by atoms with Gasteiger partial charge in [0.15, 0.2) is 0 Å². The number of carbonyl (C=O) groups is 1. The number of hydrogen-bond donors (Lipinski definition) is 0. The fraction of sp³-hybridized carbons (Fsp3) is 0.450. The van der Waals surface area contributed by atoms with E-state index in [1.807, 2.05) is 17.5 Å². The van der Waals surface area contributed by atoms with E-state index in [0.717, 1.165) is 17.0 Å². The molecule has 9 heteroatoms. The SMILES string of the molecule is COCCN(Cc1cccs1)C(=O)C1CCN(S(=O)(=O)c2ccc(F)cc2)CC1. The van der Waals surface area contributed by atoms with Crippen LogP contribution >= 0.6 is 11.3 Å². The highest BCUT2D eigenvalue weighted by Crippen LogP contribution is 2.26. The molecule has 1 aliphatic heterocycles. The number of methoxy groups -OCH3 is 1. The average molecular weight is 441 g/mol. The van der Waals surface area contributed by atoms with Crippen LogP contribution < -0.4 is 0 Å². The number of rotatable bonds is 8. The van der Waals surface area contributed by atoms with Gasteiger partial charge in [-0.25, -0.2) is 12.8 Å². The van der Waals surface area contributed by atoms with Gasteiger partial charge in [-0.2, -0.15) is 4.31 Å². The summed E-state index contributed by atoms with van der Waals surface area (Å²) < 4.78 is 45.1. The van der Waals surface area contributed by atoms with E-state index in [2.05, 4.69) is 0 Å². The van der Waals surface area contributed by atoms with E-state index in [0.29, 0.717) is 32.5 Å². The van der Waals surface area contributed by atoms with Crippen LogP contribution in [0.15, 0.2) is 46.7 Å². The molecule has 0 radical (unpaired) electrons. The second-order valence-corrected chi connectivity index (χ2v) is 9.93. The number of piperidine rings is 1.